The van der Waals surface area contributed by atoms with E-state index in [-0.39, 0.29) is 11.8 Å². The lowest BCUT2D eigenvalue weighted by Gasteiger charge is -2.29. The van der Waals surface area contributed by atoms with Gasteiger partial charge in [0.2, 0.25) is 0 Å². The van der Waals surface area contributed by atoms with Crippen molar-refractivity contribution in [2.24, 2.45) is 13.0 Å². The van der Waals surface area contributed by atoms with Gasteiger partial charge < -0.3 is 4.57 Å². The maximum absolute atomic E-state index is 12.7. The number of rotatable bonds is 3. The van der Waals surface area contributed by atoms with Crippen LogP contribution in [-0.2, 0) is 11.8 Å². The van der Waals surface area contributed by atoms with Gasteiger partial charge in [-0.25, -0.2) is 0 Å². The van der Waals surface area contributed by atoms with Gasteiger partial charge in [-0.2, -0.15) is 0 Å². The summed E-state index contributed by atoms with van der Waals surface area (Å²) in [6, 6.07) is 19.1. The van der Waals surface area contributed by atoms with Crippen LogP contribution < -0.4 is 0 Å². The quantitative estimate of drug-likeness (QED) is 0.661. The molecule has 2 heteroatoms. The monoisotopic (exact) mass is 317 g/mol. The van der Waals surface area contributed by atoms with E-state index in [4.69, 9.17) is 0 Å². The number of aromatic nitrogens is 1. The largest absolute Gasteiger partial charge is 0.350 e. The van der Waals surface area contributed by atoms with Crippen LogP contribution in [0.3, 0.4) is 0 Å². The van der Waals surface area contributed by atoms with Gasteiger partial charge in [0.1, 0.15) is 5.78 Å². The molecule has 0 bridgehead atoms. The normalized spacial score (nSPS) is 19.5. The van der Waals surface area contributed by atoms with Crippen LogP contribution in [0.4, 0.5) is 0 Å². The van der Waals surface area contributed by atoms with Crippen LogP contribution in [0.25, 0.3) is 10.9 Å². The topological polar surface area (TPSA) is 22.0 Å². The zero-order chi connectivity index (χ0) is 16.5. The van der Waals surface area contributed by atoms with Crippen molar-refractivity contribution in [2.45, 2.75) is 31.6 Å². The minimum absolute atomic E-state index is 0.104. The van der Waals surface area contributed by atoms with E-state index in [1.54, 1.807) is 0 Å². The first kappa shape index (κ1) is 15.2. The third-order valence-electron chi connectivity index (χ3n) is 5.43. The summed E-state index contributed by atoms with van der Waals surface area (Å²) in [6.07, 6.45) is 6.17. The van der Waals surface area contributed by atoms with Gasteiger partial charge in [-0.3, -0.25) is 4.79 Å². The Hall–Kier alpha value is -2.35. The Morgan fingerprint density at radius 3 is 2.54 bits per heavy atom. The van der Waals surface area contributed by atoms with E-state index in [1.807, 2.05) is 6.07 Å². The van der Waals surface area contributed by atoms with Crippen molar-refractivity contribution in [2.75, 3.05) is 0 Å². The molecule has 2 aromatic carbocycles. The third-order valence-corrected chi connectivity index (χ3v) is 5.43. The molecule has 3 aromatic rings. The molecule has 122 valence electrons. The number of fused-ring (bicyclic) bond motifs is 1. The Morgan fingerprint density at radius 1 is 1.00 bits per heavy atom. The van der Waals surface area contributed by atoms with Crippen LogP contribution in [0.1, 0.15) is 42.7 Å². The lowest BCUT2D eigenvalue weighted by molar-refractivity contribution is -0.125. The van der Waals surface area contributed by atoms with Gasteiger partial charge in [0.05, 0.1) is 0 Å². The molecule has 0 spiro atoms. The number of carbonyl (C=O) groups excluding carboxylic acids is 1. The van der Waals surface area contributed by atoms with Gasteiger partial charge in [-0.05, 0) is 30.0 Å². The smallest absolute Gasteiger partial charge is 0.136 e. The molecule has 1 fully saturated rings. The summed E-state index contributed by atoms with van der Waals surface area (Å²) >= 11 is 0. The highest BCUT2D eigenvalue weighted by Crippen LogP contribution is 2.41. The van der Waals surface area contributed by atoms with Crippen LogP contribution in [-0.4, -0.2) is 10.4 Å². The van der Waals surface area contributed by atoms with E-state index in [0.29, 0.717) is 5.78 Å². The van der Waals surface area contributed by atoms with Gasteiger partial charge in [0, 0.05) is 42.4 Å². The number of carbonyl (C=O) groups is 1. The maximum atomic E-state index is 12.7. The highest BCUT2D eigenvalue weighted by atomic mass is 16.1. The number of benzene rings is 2. The number of aryl methyl sites for hydroxylation is 1. The molecule has 2 nitrogen and oxygen atoms in total. The zero-order valence-corrected chi connectivity index (χ0v) is 14.1. The number of Topliss-reactive ketones (excluding diaryl/α,β-unsaturated/α-hetero) is 1. The fourth-order valence-corrected chi connectivity index (χ4v) is 4.27. The Labute approximate surface area is 143 Å². The minimum atomic E-state index is 0.104. The highest BCUT2D eigenvalue weighted by molar-refractivity contribution is 5.88. The molecule has 0 radical (unpaired) electrons. The fourth-order valence-electron chi connectivity index (χ4n) is 4.27. The van der Waals surface area contributed by atoms with Crippen molar-refractivity contribution in [3.8, 4) is 0 Å². The molecule has 1 aromatic heterocycles. The Balaban J connectivity index is 1.90. The molecular weight excluding hydrogens is 294 g/mol. The van der Waals surface area contributed by atoms with Crippen molar-refractivity contribution in [1.29, 1.82) is 0 Å². The van der Waals surface area contributed by atoms with E-state index in [9.17, 15) is 4.79 Å². The van der Waals surface area contributed by atoms with Gasteiger partial charge in [0.25, 0.3) is 0 Å². The van der Waals surface area contributed by atoms with Gasteiger partial charge in [0.15, 0.2) is 0 Å². The summed E-state index contributed by atoms with van der Waals surface area (Å²) in [4.78, 5) is 12.7. The molecule has 4 rings (SSSR count). The first-order valence-corrected chi connectivity index (χ1v) is 8.87. The average Bonchev–Trinajstić information content (AvgIpc) is 2.95. The maximum Gasteiger partial charge on any atom is 0.136 e. The molecule has 1 saturated carbocycles. The first-order valence-electron chi connectivity index (χ1n) is 8.87. The van der Waals surface area contributed by atoms with Crippen LogP contribution >= 0.6 is 0 Å². The number of ketones is 1. The van der Waals surface area contributed by atoms with Crippen molar-refractivity contribution in [1.82, 2.24) is 4.57 Å². The lowest BCUT2D eigenvalue weighted by atomic mass is 9.73. The second-order valence-electron chi connectivity index (χ2n) is 6.92. The van der Waals surface area contributed by atoms with Crippen LogP contribution in [0.5, 0.6) is 0 Å². The number of hydrogen-bond acceptors (Lipinski definition) is 1. The van der Waals surface area contributed by atoms with Gasteiger partial charge in [-0.15, -0.1) is 0 Å². The van der Waals surface area contributed by atoms with E-state index in [2.05, 4.69) is 66.3 Å². The number of nitrogens with zero attached hydrogens (tertiary/aromatic N) is 1. The summed E-state index contributed by atoms with van der Waals surface area (Å²) in [5.74, 6) is 0.695. The molecule has 24 heavy (non-hydrogen) atoms. The molecule has 0 amide bonds. The molecule has 1 heterocycles. The summed E-state index contributed by atoms with van der Waals surface area (Å²) in [5, 5.41) is 1.27. The Bertz CT molecular complexity index is 862. The van der Waals surface area contributed by atoms with E-state index < -0.39 is 0 Å². The van der Waals surface area contributed by atoms with Crippen LogP contribution in [0, 0.1) is 5.92 Å². The molecule has 0 aliphatic heterocycles. The van der Waals surface area contributed by atoms with E-state index in [1.165, 1.54) is 22.0 Å². The van der Waals surface area contributed by atoms with Crippen LogP contribution in [0.15, 0.2) is 60.8 Å². The molecule has 1 aliphatic rings. The minimum Gasteiger partial charge on any atom is -0.350 e. The molecule has 2 atom stereocenters. The average molecular weight is 317 g/mol. The second kappa shape index (κ2) is 6.27. The molecular formula is C22H23NO. The molecule has 0 saturated heterocycles. The van der Waals surface area contributed by atoms with Crippen molar-refractivity contribution in [3.05, 3.63) is 71.9 Å². The van der Waals surface area contributed by atoms with Crippen molar-refractivity contribution < 1.29 is 4.79 Å². The standard InChI is InChI=1S/C22H23NO/c1-23-15-19(17-11-5-7-13-20(17)23)22(16-9-3-2-4-10-16)18-12-6-8-14-21(18)24/h2-5,7,9-11,13,15,18,22H,6,8,12,14H2,1H3/t18-,22?/m0/s1. The third kappa shape index (κ3) is 2.56. The number of hydrogen-bond donors (Lipinski definition) is 0. The van der Waals surface area contributed by atoms with Crippen molar-refractivity contribution in [3.63, 3.8) is 0 Å². The highest BCUT2D eigenvalue weighted by Gasteiger charge is 2.33. The van der Waals surface area contributed by atoms with Gasteiger partial charge in [-0.1, -0.05) is 55.0 Å². The van der Waals surface area contributed by atoms with E-state index >= 15 is 0 Å². The second-order valence-corrected chi connectivity index (χ2v) is 6.92. The van der Waals surface area contributed by atoms with E-state index in [0.717, 1.165) is 25.7 Å². The number of para-hydroxylation sites is 1. The Kier molecular flexibility index (Phi) is 3.97. The summed E-state index contributed by atoms with van der Waals surface area (Å²) in [6.45, 7) is 0. The summed E-state index contributed by atoms with van der Waals surface area (Å²) < 4.78 is 2.19. The van der Waals surface area contributed by atoms with Crippen LogP contribution in [0.2, 0.25) is 0 Å². The molecule has 1 unspecified atom stereocenters. The lowest BCUT2D eigenvalue weighted by Crippen LogP contribution is -2.26. The molecule has 0 N–H and O–H groups in total. The Morgan fingerprint density at radius 2 is 1.75 bits per heavy atom. The summed E-state index contributed by atoms with van der Waals surface area (Å²) in [7, 11) is 2.09. The van der Waals surface area contributed by atoms with Gasteiger partial charge >= 0.3 is 0 Å². The zero-order valence-electron chi connectivity index (χ0n) is 14.1. The summed E-state index contributed by atoms with van der Waals surface area (Å²) in [5.41, 5.74) is 3.78. The predicted molar refractivity (Wildman–Crippen MR) is 98.2 cm³/mol. The SMILES string of the molecule is Cn1cc(C(c2ccccc2)[C@H]2CCCCC2=O)c2ccccc21. The van der Waals surface area contributed by atoms with Crippen molar-refractivity contribution >= 4 is 16.7 Å². The fraction of sp³-hybridized carbons (Fsp3) is 0.318. The predicted octanol–water partition coefficient (Wildman–Crippen LogP) is 5.07. The molecule has 1 aliphatic carbocycles. The first-order chi connectivity index (χ1) is 11.8.